The van der Waals surface area contributed by atoms with Gasteiger partial charge >= 0.3 is 0 Å². The Balaban J connectivity index is 1.78. The van der Waals surface area contributed by atoms with Gasteiger partial charge in [-0.15, -0.1) is 0 Å². The fourth-order valence-electron chi connectivity index (χ4n) is 3.46. The van der Waals surface area contributed by atoms with Gasteiger partial charge in [-0.25, -0.2) is 9.67 Å². The number of hydrogen-bond acceptors (Lipinski definition) is 6. The van der Waals surface area contributed by atoms with Crippen LogP contribution in [0.4, 0.5) is 5.13 Å². The van der Waals surface area contributed by atoms with Crippen LogP contribution in [-0.2, 0) is 7.05 Å². The molecule has 0 aliphatic carbocycles. The van der Waals surface area contributed by atoms with Gasteiger partial charge in [0, 0.05) is 19.2 Å². The van der Waals surface area contributed by atoms with Gasteiger partial charge in [-0.05, 0) is 33.6 Å². The largest absolute Gasteiger partial charge is 0.361 e. The maximum Gasteiger partial charge on any atom is 0.188 e. The fourth-order valence-corrected chi connectivity index (χ4v) is 4.57. The number of hydrogen-bond donors (Lipinski definition) is 0. The lowest BCUT2D eigenvalue weighted by molar-refractivity contribution is 0.391. The summed E-state index contributed by atoms with van der Waals surface area (Å²) in [6.45, 7) is 7.09. The highest BCUT2D eigenvalue weighted by Crippen LogP contribution is 2.41. The van der Waals surface area contributed by atoms with E-state index in [0.29, 0.717) is 6.04 Å². The zero-order chi connectivity index (χ0) is 15.4. The Kier molecular flexibility index (Phi) is 3.00. The molecule has 1 aliphatic heterocycles. The quantitative estimate of drug-likeness (QED) is 0.726. The molecule has 22 heavy (non-hydrogen) atoms. The summed E-state index contributed by atoms with van der Waals surface area (Å²) in [6.07, 6.45) is 2.29. The molecule has 4 heterocycles. The molecule has 1 aliphatic rings. The molecular formula is C15H19N5OS. The van der Waals surface area contributed by atoms with Gasteiger partial charge in [0.2, 0.25) is 0 Å². The molecule has 7 heteroatoms. The molecule has 0 amide bonds. The summed E-state index contributed by atoms with van der Waals surface area (Å²) in [5, 5.41) is 9.63. The lowest BCUT2D eigenvalue weighted by Crippen LogP contribution is -2.23. The van der Waals surface area contributed by atoms with E-state index in [-0.39, 0.29) is 0 Å². The Morgan fingerprint density at radius 2 is 2.05 bits per heavy atom. The van der Waals surface area contributed by atoms with Crippen LogP contribution in [0.25, 0.3) is 10.3 Å². The summed E-state index contributed by atoms with van der Waals surface area (Å²) in [6, 6.07) is 0.320. The van der Waals surface area contributed by atoms with Gasteiger partial charge in [0.25, 0.3) is 0 Å². The summed E-state index contributed by atoms with van der Waals surface area (Å²) in [7, 11) is 1.95. The first-order chi connectivity index (χ1) is 10.6. The zero-order valence-corrected chi connectivity index (χ0v) is 14.1. The van der Waals surface area contributed by atoms with E-state index in [1.807, 2.05) is 32.5 Å². The van der Waals surface area contributed by atoms with Crippen LogP contribution in [0.1, 0.15) is 41.6 Å². The first-order valence-corrected chi connectivity index (χ1v) is 8.37. The lowest BCUT2D eigenvalue weighted by atomic mass is 10.0. The minimum absolute atomic E-state index is 0.320. The summed E-state index contributed by atoms with van der Waals surface area (Å²) in [5.41, 5.74) is 4.25. The van der Waals surface area contributed by atoms with Crippen LogP contribution in [0.15, 0.2) is 4.52 Å². The normalized spacial score (nSPS) is 18.7. The molecule has 0 bridgehead atoms. The Bertz CT molecular complexity index is 792. The number of rotatable bonds is 2. The maximum absolute atomic E-state index is 5.37. The molecule has 0 radical (unpaired) electrons. The average Bonchev–Trinajstić information content (AvgIpc) is 3.19. The van der Waals surface area contributed by atoms with Gasteiger partial charge in [0.15, 0.2) is 10.8 Å². The van der Waals surface area contributed by atoms with Crippen molar-refractivity contribution in [2.45, 2.75) is 39.7 Å². The topological polar surface area (TPSA) is 60.0 Å². The average molecular weight is 317 g/mol. The number of thiazole rings is 1. The third-order valence-corrected chi connectivity index (χ3v) is 5.64. The van der Waals surface area contributed by atoms with Gasteiger partial charge in [-0.1, -0.05) is 16.5 Å². The predicted octanol–water partition coefficient (Wildman–Crippen LogP) is 3.28. The number of anilines is 1. The van der Waals surface area contributed by atoms with Crippen molar-refractivity contribution in [2.24, 2.45) is 7.05 Å². The molecular weight excluding hydrogens is 298 g/mol. The minimum atomic E-state index is 0.320. The van der Waals surface area contributed by atoms with Gasteiger partial charge < -0.3 is 9.42 Å². The SMILES string of the molecule is Cc1noc(C)c1C1CCCN1c1nc2c(s1)c(C)nn2C. The van der Waals surface area contributed by atoms with E-state index in [9.17, 15) is 0 Å². The van der Waals surface area contributed by atoms with Crippen molar-refractivity contribution in [3.8, 4) is 0 Å². The van der Waals surface area contributed by atoms with E-state index >= 15 is 0 Å². The smallest absolute Gasteiger partial charge is 0.188 e. The van der Waals surface area contributed by atoms with Crippen molar-refractivity contribution in [3.63, 3.8) is 0 Å². The van der Waals surface area contributed by atoms with Gasteiger partial charge in [-0.3, -0.25) is 0 Å². The minimum Gasteiger partial charge on any atom is -0.361 e. The van der Waals surface area contributed by atoms with Crippen LogP contribution >= 0.6 is 11.3 Å². The molecule has 6 nitrogen and oxygen atoms in total. The van der Waals surface area contributed by atoms with E-state index in [2.05, 4.69) is 15.2 Å². The van der Waals surface area contributed by atoms with Gasteiger partial charge in [0.1, 0.15) is 5.76 Å². The third-order valence-electron chi connectivity index (χ3n) is 4.45. The van der Waals surface area contributed by atoms with Crippen molar-refractivity contribution in [1.82, 2.24) is 19.9 Å². The molecule has 4 rings (SSSR count). The summed E-state index contributed by atoms with van der Waals surface area (Å²) in [5.74, 6) is 0.924. The number of fused-ring (bicyclic) bond motifs is 1. The molecule has 3 aromatic rings. The number of aryl methyl sites for hydroxylation is 4. The van der Waals surface area contributed by atoms with Crippen LogP contribution < -0.4 is 4.90 Å². The van der Waals surface area contributed by atoms with E-state index in [1.54, 1.807) is 11.3 Å². The Hall–Kier alpha value is -1.89. The highest BCUT2D eigenvalue weighted by molar-refractivity contribution is 7.22. The molecule has 0 N–H and O–H groups in total. The van der Waals surface area contributed by atoms with Crippen molar-refractivity contribution < 1.29 is 4.52 Å². The standard InChI is InChI=1S/C15H19N5OS/c1-8-12(10(3)21-18-8)11-6-5-7-20(11)15-16-14-13(22-15)9(2)17-19(14)4/h11H,5-7H2,1-4H3. The molecule has 1 atom stereocenters. The third kappa shape index (κ3) is 1.88. The number of aromatic nitrogens is 4. The van der Waals surface area contributed by atoms with E-state index in [0.717, 1.165) is 40.9 Å². The van der Waals surface area contributed by atoms with Crippen LogP contribution in [0.5, 0.6) is 0 Å². The second kappa shape index (κ2) is 4.81. The van der Waals surface area contributed by atoms with Crippen LogP contribution in [0.2, 0.25) is 0 Å². The Morgan fingerprint density at radius 1 is 1.23 bits per heavy atom. The molecule has 0 aromatic carbocycles. The molecule has 1 unspecified atom stereocenters. The van der Waals surface area contributed by atoms with Crippen LogP contribution in [0, 0.1) is 20.8 Å². The second-order valence-electron chi connectivity index (χ2n) is 5.95. The van der Waals surface area contributed by atoms with Crippen molar-refractivity contribution in [3.05, 3.63) is 22.7 Å². The van der Waals surface area contributed by atoms with Crippen molar-refractivity contribution >= 4 is 26.8 Å². The second-order valence-corrected chi connectivity index (χ2v) is 6.92. The predicted molar refractivity (Wildman–Crippen MR) is 86.4 cm³/mol. The maximum atomic E-state index is 5.37. The zero-order valence-electron chi connectivity index (χ0n) is 13.3. The Labute approximate surface area is 132 Å². The monoisotopic (exact) mass is 317 g/mol. The molecule has 0 spiro atoms. The molecule has 1 saturated heterocycles. The van der Waals surface area contributed by atoms with E-state index in [1.165, 1.54) is 16.7 Å². The lowest BCUT2D eigenvalue weighted by Gasteiger charge is -2.23. The summed E-state index contributed by atoms with van der Waals surface area (Å²) >= 11 is 1.74. The van der Waals surface area contributed by atoms with Crippen molar-refractivity contribution in [2.75, 3.05) is 11.4 Å². The molecule has 0 saturated carbocycles. The highest BCUT2D eigenvalue weighted by Gasteiger charge is 2.33. The van der Waals surface area contributed by atoms with Crippen LogP contribution in [0.3, 0.4) is 0 Å². The molecule has 1 fully saturated rings. The number of nitrogens with zero attached hydrogens (tertiary/aromatic N) is 5. The highest BCUT2D eigenvalue weighted by atomic mass is 32.1. The summed E-state index contributed by atoms with van der Waals surface area (Å²) in [4.78, 5) is 7.23. The summed E-state index contributed by atoms with van der Waals surface area (Å²) < 4.78 is 8.42. The van der Waals surface area contributed by atoms with Gasteiger partial charge in [-0.2, -0.15) is 5.10 Å². The Morgan fingerprint density at radius 3 is 2.73 bits per heavy atom. The fraction of sp³-hybridized carbons (Fsp3) is 0.533. The van der Waals surface area contributed by atoms with E-state index in [4.69, 9.17) is 9.51 Å². The first-order valence-electron chi connectivity index (χ1n) is 7.56. The van der Waals surface area contributed by atoms with E-state index < -0.39 is 0 Å². The van der Waals surface area contributed by atoms with Gasteiger partial charge in [0.05, 0.1) is 22.1 Å². The van der Waals surface area contributed by atoms with Crippen molar-refractivity contribution in [1.29, 1.82) is 0 Å². The molecule has 116 valence electrons. The van der Waals surface area contributed by atoms with Crippen LogP contribution in [-0.4, -0.2) is 26.5 Å². The molecule has 3 aromatic heterocycles. The first kappa shape index (κ1) is 13.8.